The highest BCUT2D eigenvalue weighted by molar-refractivity contribution is 7.10. The fourth-order valence-corrected chi connectivity index (χ4v) is 3.70. The average Bonchev–Trinajstić information content (AvgIpc) is 3.17. The number of benzene rings is 1. The van der Waals surface area contributed by atoms with E-state index in [-0.39, 0.29) is 11.9 Å². The van der Waals surface area contributed by atoms with Crippen LogP contribution >= 0.6 is 11.3 Å². The fraction of sp³-hybridized carbons (Fsp3) is 0.333. The van der Waals surface area contributed by atoms with E-state index in [1.807, 2.05) is 34.5 Å². The molecular formula is C18H19N3O2S. The van der Waals surface area contributed by atoms with E-state index in [4.69, 9.17) is 4.74 Å². The maximum atomic E-state index is 12.6. The first kappa shape index (κ1) is 16.5. The Morgan fingerprint density at radius 2 is 2.04 bits per heavy atom. The van der Waals surface area contributed by atoms with Gasteiger partial charge >= 0.3 is 0 Å². The number of carbonyl (C=O) groups excluding carboxylic acids is 1. The molecular weight excluding hydrogens is 322 g/mol. The van der Waals surface area contributed by atoms with Gasteiger partial charge in [0.25, 0.3) is 5.91 Å². The van der Waals surface area contributed by atoms with Crippen molar-refractivity contribution in [2.45, 2.75) is 6.04 Å². The maximum absolute atomic E-state index is 12.6. The van der Waals surface area contributed by atoms with Crippen LogP contribution in [0.4, 0.5) is 0 Å². The molecule has 124 valence electrons. The van der Waals surface area contributed by atoms with Crippen LogP contribution < -0.4 is 4.74 Å². The van der Waals surface area contributed by atoms with Crippen LogP contribution in [0.2, 0.25) is 0 Å². The summed E-state index contributed by atoms with van der Waals surface area (Å²) in [6, 6.07) is 13.3. The Morgan fingerprint density at radius 3 is 2.67 bits per heavy atom. The molecule has 1 unspecified atom stereocenters. The largest absolute Gasteiger partial charge is 0.497 e. The summed E-state index contributed by atoms with van der Waals surface area (Å²) in [5.41, 5.74) is 0.637. The molecule has 5 nitrogen and oxygen atoms in total. The van der Waals surface area contributed by atoms with Crippen molar-refractivity contribution < 1.29 is 9.53 Å². The third-order valence-corrected chi connectivity index (χ3v) is 5.14. The second kappa shape index (κ2) is 7.47. The summed E-state index contributed by atoms with van der Waals surface area (Å²) in [6.07, 6.45) is 0. The van der Waals surface area contributed by atoms with Gasteiger partial charge in [0.2, 0.25) is 0 Å². The molecule has 1 saturated heterocycles. The molecule has 2 aromatic rings. The van der Waals surface area contributed by atoms with Crippen LogP contribution in [-0.2, 0) is 0 Å². The number of carbonyl (C=O) groups is 1. The molecule has 3 rings (SSSR count). The molecule has 6 heteroatoms. The van der Waals surface area contributed by atoms with Gasteiger partial charge < -0.3 is 9.64 Å². The predicted molar refractivity (Wildman–Crippen MR) is 93.1 cm³/mol. The van der Waals surface area contributed by atoms with Crippen LogP contribution in [0.15, 0.2) is 41.8 Å². The standard InChI is InChI=1S/C18H19N3O2S/c1-23-15-5-2-4-14(12-15)18(22)21-9-7-20(8-10-21)16(13-19)17-6-3-11-24-17/h2-6,11-12,16H,7-10H2,1H3. The Morgan fingerprint density at radius 1 is 1.25 bits per heavy atom. The minimum absolute atomic E-state index is 0.0122. The second-order valence-corrected chi connectivity index (χ2v) is 6.59. The molecule has 0 radical (unpaired) electrons. The Labute approximate surface area is 145 Å². The van der Waals surface area contributed by atoms with E-state index in [1.54, 1.807) is 30.6 Å². The summed E-state index contributed by atoms with van der Waals surface area (Å²) in [6.45, 7) is 2.65. The van der Waals surface area contributed by atoms with Gasteiger partial charge in [0.15, 0.2) is 0 Å². The summed E-state index contributed by atoms with van der Waals surface area (Å²) >= 11 is 1.60. The number of hydrogen-bond acceptors (Lipinski definition) is 5. The number of nitriles is 1. The van der Waals surface area contributed by atoms with Crippen LogP contribution in [0.3, 0.4) is 0 Å². The van der Waals surface area contributed by atoms with Crippen LogP contribution in [-0.4, -0.2) is 49.0 Å². The average molecular weight is 341 g/mol. The SMILES string of the molecule is COc1cccc(C(=O)N2CCN(C(C#N)c3cccs3)CC2)c1. The van der Waals surface area contributed by atoms with Crippen molar-refractivity contribution in [1.82, 2.24) is 9.80 Å². The Hall–Kier alpha value is -2.36. The van der Waals surface area contributed by atoms with Gasteiger partial charge in [0.05, 0.1) is 13.2 Å². The van der Waals surface area contributed by atoms with Crippen molar-refractivity contribution in [3.63, 3.8) is 0 Å². The molecule has 24 heavy (non-hydrogen) atoms. The quantitative estimate of drug-likeness (QED) is 0.858. The molecule has 1 aliphatic heterocycles. The number of rotatable bonds is 4. The van der Waals surface area contributed by atoms with Crippen molar-refractivity contribution in [1.29, 1.82) is 5.26 Å². The molecule has 0 N–H and O–H groups in total. The van der Waals surface area contributed by atoms with Crippen molar-refractivity contribution in [2.24, 2.45) is 0 Å². The van der Waals surface area contributed by atoms with Gasteiger partial charge in [-0.15, -0.1) is 11.3 Å². The number of thiophene rings is 1. The Kier molecular flexibility index (Phi) is 5.14. The number of methoxy groups -OCH3 is 1. The van der Waals surface area contributed by atoms with Crippen LogP contribution in [0.25, 0.3) is 0 Å². The Bertz CT molecular complexity index is 731. The zero-order chi connectivity index (χ0) is 16.9. The molecule has 1 atom stereocenters. The number of amides is 1. The zero-order valence-corrected chi connectivity index (χ0v) is 14.3. The van der Waals surface area contributed by atoms with Gasteiger partial charge in [-0.2, -0.15) is 5.26 Å². The van der Waals surface area contributed by atoms with Crippen LogP contribution in [0.5, 0.6) is 5.75 Å². The lowest BCUT2D eigenvalue weighted by Crippen LogP contribution is -2.49. The van der Waals surface area contributed by atoms with Crippen molar-refractivity contribution >= 4 is 17.2 Å². The topological polar surface area (TPSA) is 56.6 Å². The van der Waals surface area contributed by atoms with E-state index >= 15 is 0 Å². The molecule has 0 saturated carbocycles. The fourth-order valence-electron chi connectivity index (χ4n) is 2.89. The first-order chi connectivity index (χ1) is 11.7. The van der Waals surface area contributed by atoms with Crippen molar-refractivity contribution in [3.8, 4) is 11.8 Å². The number of nitrogens with zero attached hydrogens (tertiary/aromatic N) is 3. The minimum Gasteiger partial charge on any atom is -0.497 e. The number of piperazine rings is 1. The van der Waals surface area contributed by atoms with E-state index in [9.17, 15) is 10.1 Å². The van der Waals surface area contributed by atoms with Crippen LogP contribution in [0, 0.1) is 11.3 Å². The lowest BCUT2D eigenvalue weighted by atomic mass is 10.1. The zero-order valence-electron chi connectivity index (χ0n) is 13.5. The molecule has 1 aromatic carbocycles. The molecule has 1 amide bonds. The van der Waals surface area contributed by atoms with E-state index in [2.05, 4.69) is 11.0 Å². The minimum atomic E-state index is -0.223. The molecule has 2 heterocycles. The molecule has 0 aliphatic carbocycles. The summed E-state index contributed by atoms with van der Waals surface area (Å²) < 4.78 is 5.18. The predicted octanol–water partition coefficient (Wildman–Crippen LogP) is 2.78. The molecule has 1 fully saturated rings. The highest BCUT2D eigenvalue weighted by Crippen LogP contribution is 2.26. The van der Waals surface area contributed by atoms with Gasteiger partial charge in [-0.3, -0.25) is 9.69 Å². The summed E-state index contributed by atoms with van der Waals surface area (Å²) in [5.74, 6) is 0.694. The third kappa shape index (κ3) is 3.42. The lowest BCUT2D eigenvalue weighted by molar-refractivity contribution is 0.0608. The van der Waals surface area contributed by atoms with Gasteiger partial charge in [-0.05, 0) is 29.6 Å². The highest BCUT2D eigenvalue weighted by atomic mass is 32.1. The van der Waals surface area contributed by atoms with Gasteiger partial charge in [0, 0.05) is 36.6 Å². The van der Waals surface area contributed by atoms with E-state index in [0.717, 1.165) is 4.88 Å². The monoisotopic (exact) mass is 341 g/mol. The van der Waals surface area contributed by atoms with Crippen LogP contribution in [0.1, 0.15) is 21.3 Å². The molecule has 1 aliphatic rings. The second-order valence-electron chi connectivity index (χ2n) is 5.61. The lowest BCUT2D eigenvalue weighted by Gasteiger charge is -2.36. The van der Waals surface area contributed by atoms with Crippen molar-refractivity contribution in [2.75, 3.05) is 33.3 Å². The van der Waals surface area contributed by atoms with E-state index in [0.29, 0.717) is 37.5 Å². The van der Waals surface area contributed by atoms with Gasteiger partial charge in [0.1, 0.15) is 11.8 Å². The maximum Gasteiger partial charge on any atom is 0.254 e. The molecule has 0 spiro atoms. The normalized spacial score (nSPS) is 16.4. The number of ether oxygens (including phenoxy) is 1. The first-order valence-electron chi connectivity index (χ1n) is 7.83. The summed E-state index contributed by atoms with van der Waals surface area (Å²) in [4.78, 5) is 17.7. The summed E-state index contributed by atoms with van der Waals surface area (Å²) in [7, 11) is 1.59. The highest BCUT2D eigenvalue weighted by Gasteiger charge is 2.28. The van der Waals surface area contributed by atoms with Gasteiger partial charge in [-0.25, -0.2) is 0 Å². The third-order valence-electron chi connectivity index (χ3n) is 4.22. The van der Waals surface area contributed by atoms with E-state index in [1.165, 1.54) is 0 Å². The van der Waals surface area contributed by atoms with Crippen molar-refractivity contribution in [3.05, 3.63) is 52.2 Å². The van der Waals surface area contributed by atoms with Gasteiger partial charge in [-0.1, -0.05) is 12.1 Å². The number of hydrogen-bond donors (Lipinski definition) is 0. The summed E-state index contributed by atoms with van der Waals surface area (Å²) in [5, 5.41) is 11.5. The van der Waals surface area contributed by atoms with E-state index < -0.39 is 0 Å². The Balaban J connectivity index is 1.64. The molecule has 0 bridgehead atoms. The molecule has 1 aromatic heterocycles. The first-order valence-corrected chi connectivity index (χ1v) is 8.71. The smallest absolute Gasteiger partial charge is 0.254 e.